The van der Waals surface area contributed by atoms with Gasteiger partial charge in [0.15, 0.2) is 0 Å². The lowest BCUT2D eigenvalue weighted by molar-refractivity contribution is -0.142. The topological polar surface area (TPSA) is 108 Å². The second-order valence-corrected chi connectivity index (χ2v) is 12.4. The number of benzene rings is 3. The molecule has 8 nitrogen and oxygen atoms in total. The normalized spacial score (nSPS) is 21.1. The third-order valence-electron chi connectivity index (χ3n) is 9.20. The minimum Gasteiger partial charge on any atom is -0.481 e. The first-order valence-corrected chi connectivity index (χ1v) is 15.5. The second-order valence-electron chi connectivity index (χ2n) is 12.4. The number of carboxylic acid groups (broad SMARTS) is 1. The standard InChI is InChI=1S/C35H43N3O5/c1-22(2)33-23(3)8-6-13-31(33)43-21-32(39)36-30-20-26(38-18-16-25(17-19-38)35(41)42)14-15-29(30)37-34(40)28-12-7-10-24-9-4-5-11-27(24)28/h4-5,7,9-12,14-15,20,22-23,25,31,33H,6,8,13,16-19,21H2,1-3H3,(H,36,39)(H,37,40)(H,41,42). The van der Waals surface area contributed by atoms with Crippen LogP contribution in [0, 0.1) is 23.7 Å². The van der Waals surface area contributed by atoms with Crippen LogP contribution in [0.1, 0.15) is 63.2 Å². The summed E-state index contributed by atoms with van der Waals surface area (Å²) in [6, 6.07) is 18.9. The molecule has 1 heterocycles. The summed E-state index contributed by atoms with van der Waals surface area (Å²) in [7, 11) is 0. The van der Waals surface area contributed by atoms with E-state index in [1.54, 1.807) is 12.1 Å². The summed E-state index contributed by atoms with van der Waals surface area (Å²) in [4.78, 5) is 40.4. The fourth-order valence-corrected chi connectivity index (χ4v) is 6.98. The fourth-order valence-electron chi connectivity index (χ4n) is 6.98. The number of rotatable bonds is 9. The Morgan fingerprint density at radius 2 is 1.67 bits per heavy atom. The number of hydrogen-bond donors (Lipinski definition) is 3. The van der Waals surface area contributed by atoms with Crippen LogP contribution in [0.2, 0.25) is 0 Å². The maximum absolute atomic E-state index is 13.5. The van der Waals surface area contributed by atoms with Crippen LogP contribution in [0.3, 0.4) is 0 Å². The number of carbonyl (C=O) groups excluding carboxylic acids is 2. The summed E-state index contributed by atoms with van der Waals surface area (Å²) in [6.45, 7) is 7.86. The first kappa shape index (κ1) is 30.5. The molecule has 0 bridgehead atoms. The Balaban J connectivity index is 1.35. The number of amides is 2. The summed E-state index contributed by atoms with van der Waals surface area (Å²) in [5.74, 6) is -0.206. The quantitative estimate of drug-likeness (QED) is 0.255. The average Bonchev–Trinajstić information content (AvgIpc) is 3.00. The highest BCUT2D eigenvalue weighted by molar-refractivity contribution is 6.14. The van der Waals surface area contributed by atoms with Crippen molar-refractivity contribution in [3.05, 3.63) is 66.2 Å². The van der Waals surface area contributed by atoms with Gasteiger partial charge in [-0.1, -0.05) is 70.0 Å². The molecular formula is C35H43N3O5. The first-order chi connectivity index (χ1) is 20.7. The molecule has 0 aromatic heterocycles. The molecule has 1 aliphatic heterocycles. The Morgan fingerprint density at radius 3 is 2.42 bits per heavy atom. The van der Waals surface area contributed by atoms with Crippen molar-refractivity contribution in [2.24, 2.45) is 23.7 Å². The van der Waals surface area contributed by atoms with Gasteiger partial charge in [-0.3, -0.25) is 14.4 Å². The highest BCUT2D eigenvalue weighted by Crippen LogP contribution is 2.37. The lowest BCUT2D eigenvalue weighted by atomic mass is 9.72. The van der Waals surface area contributed by atoms with Gasteiger partial charge < -0.3 is 25.4 Å². The van der Waals surface area contributed by atoms with Crippen molar-refractivity contribution in [2.45, 2.75) is 59.0 Å². The maximum Gasteiger partial charge on any atom is 0.306 e. The van der Waals surface area contributed by atoms with Crippen molar-refractivity contribution in [3.63, 3.8) is 0 Å². The zero-order chi connectivity index (χ0) is 30.5. The van der Waals surface area contributed by atoms with Crippen molar-refractivity contribution < 1.29 is 24.2 Å². The number of piperidine rings is 1. The molecule has 3 N–H and O–H groups in total. The van der Waals surface area contributed by atoms with E-state index in [9.17, 15) is 19.5 Å². The Morgan fingerprint density at radius 1 is 0.930 bits per heavy atom. The first-order valence-electron chi connectivity index (χ1n) is 15.5. The van der Waals surface area contributed by atoms with Gasteiger partial charge in [0.1, 0.15) is 6.61 Å². The number of carboxylic acids is 1. The van der Waals surface area contributed by atoms with Crippen LogP contribution in [0.15, 0.2) is 60.7 Å². The van der Waals surface area contributed by atoms with E-state index in [1.807, 2.05) is 48.5 Å². The zero-order valence-corrected chi connectivity index (χ0v) is 25.3. The summed E-state index contributed by atoms with van der Waals surface area (Å²) >= 11 is 0. The van der Waals surface area contributed by atoms with E-state index in [0.29, 0.717) is 60.6 Å². The molecule has 228 valence electrons. The Bertz CT molecular complexity index is 1460. The number of ether oxygens (including phenoxy) is 1. The monoisotopic (exact) mass is 585 g/mol. The Kier molecular flexibility index (Phi) is 9.65. The molecule has 8 heteroatoms. The highest BCUT2D eigenvalue weighted by atomic mass is 16.5. The van der Waals surface area contributed by atoms with E-state index in [2.05, 4.69) is 36.3 Å². The van der Waals surface area contributed by atoms with Crippen LogP contribution in [0.5, 0.6) is 0 Å². The molecule has 2 amide bonds. The predicted molar refractivity (Wildman–Crippen MR) is 171 cm³/mol. The van der Waals surface area contributed by atoms with Crippen LogP contribution >= 0.6 is 0 Å². The molecule has 43 heavy (non-hydrogen) atoms. The number of anilines is 3. The van der Waals surface area contributed by atoms with Crippen LogP contribution in [0.4, 0.5) is 17.1 Å². The smallest absolute Gasteiger partial charge is 0.306 e. The molecule has 2 aliphatic rings. The van der Waals surface area contributed by atoms with Gasteiger partial charge in [0.05, 0.1) is 23.4 Å². The molecular weight excluding hydrogens is 542 g/mol. The van der Waals surface area contributed by atoms with Gasteiger partial charge in [-0.2, -0.15) is 0 Å². The van der Waals surface area contributed by atoms with Crippen molar-refractivity contribution in [3.8, 4) is 0 Å². The number of nitrogens with one attached hydrogen (secondary N) is 2. The van der Waals surface area contributed by atoms with E-state index in [4.69, 9.17) is 4.74 Å². The van der Waals surface area contributed by atoms with E-state index in [0.717, 1.165) is 29.3 Å². The van der Waals surface area contributed by atoms with Crippen molar-refractivity contribution in [1.29, 1.82) is 0 Å². The molecule has 5 rings (SSSR count). The van der Waals surface area contributed by atoms with E-state index in [1.165, 1.54) is 6.42 Å². The minimum absolute atomic E-state index is 0.0434. The van der Waals surface area contributed by atoms with Gasteiger partial charge in [0.25, 0.3) is 5.91 Å². The number of nitrogens with zero attached hydrogens (tertiary/aromatic N) is 1. The van der Waals surface area contributed by atoms with Crippen LogP contribution in [-0.2, 0) is 14.3 Å². The van der Waals surface area contributed by atoms with Gasteiger partial charge in [-0.05, 0) is 72.1 Å². The molecule has 1 saturated heterocycles. The summed E-state index contributed by atoms with van der Waals surface area (Å²) < 4.78 is 6.22. The molecule has 1 saturated carbocycles. The van der Waals surface area contributed by atoms with Gasteiger partial charge in [0.2, 0.25) is 5.91 Å². The van der Waals surface area contributed by atoms with Crippen LogP contribution in [0.25, 0.3) is 10.8 Å². The highest BCUT2D eigenvalue weighted by Gasteiger charge is 2.34. The van der Waals surface area contributed by atoms with Crippen LogP contribution in [-0.4, -0.2) is 48.7 Å². The van der Waals surface area contributed by atoms with E-state index in [-0.39, 0.29) is 30.4 Å². The molecule has 3 unspecified atom stereocenters. The molecule has 1 aliphatic carbocycles. The van der Waals surface area contributed by atoms with Gasteiger partial charge in [-0.25, -0.2) is 0 Å². The molecule has 2 fully saturated rings. The lowest BCUT2D eigenvalue weighted by Gasteiger charge is -2.38. The average molecular weight is 586 g/mol. The van der Waals surface area contributed by atoms with Gasteiger partial charge in [0, 0.05) is 24.3 Å². The van der Waals surface area contributed by atoms with Crippen LogP contribution < -0.4 is 15.5 Å². The largest absolute Gasteiger partial charge is 0.481 e. The van der Waals surface area contributed by atoms with Gasteiger partial charge in [-0.15, -0.1) is 0 Å². The summed E-state index contributed by atoms with van der Waals surface area (Å²) in [5.41, 5.74) is 2.38. The molecule has 0 radical (unpaired) electrons. The van der Waals surface area contributed by atoms with E-state index >= 15 is 0 Å². The number of aliphatic carboxylic acids is 1. The second kappa shape index (κ2) is 13.6. The molecule has 3 aromatic rings. The molecule has 0 spiro atoms. The Hall–Kier alpha value is -3.91. The summed E-state index contributed by atoms with van der Waals surface area (Å²) in [5, 5.41) is 17.2. The summed E-state index contributed by atoms with van der Waals surface area (Å²) in [6.07, 6.45) is 4.39. The Labute approximate surface area is 253 Å². The molecule has 3 aromatic carbocycles. The zero-order valence-electron chi connectivity index (χ0n) is 25.3. The molecule has 3 atom stereocenters. The van der Waals surface area contributed by atoms with Crippen molar-refractivity contribution in [2.75, 3.05) is 35.2 Å². The van der Waals surface area contributed by atoms with Crippen molar-refractivity contribution >= 4 is 45.6 Å². The third-order valence-corrected chi connectivity index (χ3v) is 9.20. The number of carbonyl (C=O) groups is 3. The number of hydrogen-bond acceptors (Lipinski definition) is 5. The SMILES string of the molecule is CC(C)C1C(C)CCCC1OCC(=O)Nc1cc(N2CCC(C(=O)O)CC2)ccc1NC(=O)c1cccc2ccccc12. The van der Waals surface area contributed by atoms with Crippen molar-refractivity contribution in [1.82, 2.24) is 0 Å². The van der Waals surface area contributed by atoms with E-state index < -0.39 is 5.97 Å². The lowest BCUT2D eigenvalue weighted by Crippen LogP contribution is -2.38. The predicted octanol–water partition coefficient (Wildman–Crippen LogP) is 6.81. The third kappa shape index (κ3) is 7.19. The van der Waals surface area contributed by atoms with Gasteiger partial charge >= 0.3 is 5.97 Å². The minimum atomic E-state index is -0.758. The maximum atomic E-state index is 13.5. The number of fused-ring (bicyclic) bond motifs is 1. The fraction of sp³-hybridized carbons (Fsp3) is 0.457.